The molecule has 0 spiro atoms. The fourth-order valence-corrected chi connectivity index (χ4v) is 5.68. The van der Waals surface area contributed by atoms with Gasteiger partial charge in [0.2, 0.25) is 5.78 Å². The van der Waals surface area contributed by atoms with Crippen LogP contribution in [0.15, 0.2) is 65.1 Å². The topological polar surface area (TPSA) is 195 Å². The van der Waals surface area contributed by atoms with Gasteiger partial charge >= 0.3 is 0 Å². The van der Waals surface area contributed by atoms with Crippen LogP contribution in [0.1, 0.15) is 45.2 Å². The molecule has 1 amide bonds. The Hall–Kier alpha value is -4.54. The molecule has 0 bridgehead atoms. The number of amides is 1. The van der Waals surface area contributed by atoms with Crippen molar-refractivity contribution in [3.63, 3.8) is 0 Å². The monoisotopic (exact) mass is 517 g/mol. The van der Waals surface area contributed by atoms with E-state index in [1.165, 1.54) is 19.1 Å². The molecule has 0 aliphatic heterocycles. The third-order valence-corrected chi connectivity index (χ3v) is 7.54. The SMILES string of the molecule is CC(=O)c1ccc(/C=C2\c3cccc(O)c3C(=O)C3=C(O)[C@]4(O)C(=O)C(C(N)=O)=C(O)C[C@@H]4[C@@H](O)[C@@H]32)cc1. The van der Waals surface area contributed by atoms with Gasteiger partial charge in [-0.2, -0.15) is 0 Å². The molecule has 0 fully saturated rings. The number of hydrogen-bond acceptors (Lipinski definition) is 9. The number of carbonyl (C=O) groups is 4. The fourth-order valence-electron chi connectivity index (χ4n) is 5.68. The van der Waals surface area contributed by atoms with Gasteiger partial charge in [-0.15, -0.1) is 0 Å². The molecule has 2 aromatic carbocycles. The number of aliphatic hydroxyl groups is 4. The minimum absolute atomic E-state index is 0.148. The lowest BCUT2D eigenvalue weighted by Crippen LogP contribution is -2.62. The van der Waals surface area contributed by atoms with E-state index in [9.17, 15) is 44.7 Å². The molecule has 0 saturated carbocycles. The summed E-state index contributed by atoms with van der Waals surface area (Å²) in [5, 5.41) is 55.2. The van der Waals surface area contributed by atoms with E-state index < -0.39 is 75.8 Å². The number of ketones is 3. The summed E-state index contributed by atoms with van der Waals surface area (Å²) in [4.78, 5) is 50.3. The van der Waals surface area contributed by atoms with E-state index in [1.54, 1.807) is 36.4 Å². The van der Waals surface area contributed by atoms with Crippen molar-refractivity contribution >= 4 is 34.9 Å². The number of allylic oxidation sites excluding steroid dienone is 1. The molecular weight excluding hydrogens is 494 g/mol. The van der Waals surface area contributed by atoms with E-state index in [2.05, 4.69) is 0 Å². The zero-order chi connectivity index (χ0) is 27.7. The van der Waals surface area contributed by atoms with Crippen LogP contribution in [-0.2, 0) is 9.59 Å². The van der Waals surface area contributed by atoms with Gasteiger partial charge in [0, 0.05) is 23.8 Å². The van der Waals surface area contributed by atoms with E-state index >= 15 is 0 Å². The quantitative estimate of drug-likeness (QED) is 0.260. The van der Waals surface area contributed by atoms with Crippen LogP contribution in [0.25, 0.3) is 11.6 Å². The maximum absolute atomic E-state index is 13.6. The normalized spacial score (nSPS) is 27.7. The summed E-state index contributed by atoms with van der Waals surface area (Å²) in [5.41, 5.74) is 2.13. The number of fused-ring (bicyclic) bond motifs is 3. The Morgan fingerprint density at radius 3 is 2.32 bits per heavy atom. The Kier molecular flexibility index (Phi) is 5.62. The predicted octanol–water partition coefficient (Wildman–Crippen LogP) is 1.75. The van der Waals surface area contributed by atoms with Gasteiger partial charge in [-0.25, -0.2) is 0 Å². The van der Waals surface area contributed by atoms with Crippen molar-refractivity contribution in [2.45, 2.75) is 25.0 Å². The minimum atomic E-state index is -2.92. The van der Waals surface area contributed by atoms with Crippen molar-refractivity contribution in [3.05, 3.63) is 87.4 Å². The van der Waals surface area contributed by atoms with Gasteiger partial charge in [-0.05, 0) is 29.7 Å². The Morgan fingerprint density at radius 2 is 1.71 bits per heavy atom. The summed E-state index contributed by atoms with van der Waals surface area (Å²) in [5.74, 6) is -8.97. The number of nitrogens with two attached hydrogens (primary N) is 1. The van der Waals surface area contributed by atoms with Crippen LogP contribution in [0.3, 0.4) is 0 Å². The van der Waals surface area contributed by atoms with Gasteiger partial charge in [0.1, 0.15) is 22.8 Å². The van der Waals surface area contributed by atoms with Crippen molar-refractivity contribution in [1.29, 1.82) is 0 Å². The van der Waals surface area contributed by atoms with Gasteiger partial charge in [0.15, 0.2) is 17.2 Å². The van der Waals surface area contributed by atoms with E-state index in [-0.39, 0.29) is 22.5 Å². The smallest absolute Gasteiger partial charge is 0.255 e. The largest absolute Gasteiger partial charge is 0.511 e. The molecule has 10 nitrogen and oxygen atoms in total. The van der Waals surface area contributed by atoms with Crippen LogP contribution in [0.5, 0.6) is 5.75 Å². The van der Waals surface area contributed by atoms with Crippen LogP contribution in [0.2, 0.25) is 0 Å². The number of aliphatic hydroxyl groups excluding tert-OH is 3. The fraction of sp³-hybridized carbons (Fsp3) is 0.214. The number of Topliss-reactive ketones (excluding diaryl/α,β-unsaturated/α-hetero) is 3. The zero-order valence-corrected chi connectivity index (χ0v) is 20.0. The standard InChI is InChI=1S/C28H23NO9/c1-11(30)13-7-5-12(6-8-13)9-15-14-3-2-4-17(31)19(14)24(34)22-20(15)23(33)16-10-18(32)21(27(29)37)25(35)28(16,38)26(22)36/h2-9,16,20,23,31-33,36,38H,10H2,1H3,(H2,29,37)/b15-9+/t16-,20-,23-,28-/m1/s1. The van der Waals surface area contributed by atoms with Crippen LogP contribution in [0, 0.1) is 11.8 Å². The highest BCUT2D eigenvalue weighted by molar-refractivity contribution is 6.25. The Morgan fingerprint density at radius 1 is 1.05 bits per heavy atom. The zero-order valence-electron chi connectivity index (χ0n) is 20.0. The lowest BCUT2D eigenvalue weighted by molar-refractivity contribution is -0.152. The molecule has 7 N–H and O–H groups in total. The maximum Gasteiger partial charge on any atom is 0.255 e. The Balaban J connectivity index is 1.79. The molecule has 5 rings (SSSR count). The average Bonchev–Trinajstić information content (AvgIpc) is 2.86. The van der Waals surface area contributed by atoms with E-state index in [1.807, 2.05) is 0 Å². The molecule has 3 aliphatic carbocycles. The lowest BCUT2D eigenvalue weighted by atomic mass is 9.57. The molecule has 3 aliphatic rings. The highest BCUT2D eigenvalue weighted by Crippen LogP contribution is 2.55. The van der Waals surface area contributed by atoms with Crippen LogP contribution in [-0.4, -0.2) is 60.5 Å². The second-order valence-corrected chi connectivity index (χ2v) is 9.63. The molecular formula is C28H23NO9. The summed E-state index contributed by atoms with van der Waals surface area (Å²) in [7, 11) is 0. The first-order valence-electron chi connectivity index (χ1n) is 11.7. The first-order chi connectivity index (χ1) is 17.9. The molecule has 38 heavy (non-hydrogen) atoms. The maximum atomic E-state index is 13.6. The van der Waals surface area contributed by atoms with Crippen molar-refractivity contribution in [3.8, 4) is 5.75 Å². The number of carbonyl (C=O) groups excluding carboxylic acids is 4. The second-order valence-electron chi connectivity index (χ2n) is 9.63. The number of phenolic OH excluding ortho intramolecular Hbond substituents is 1. The van der Waals surface area contributed by atoms with Crippen molar-refractivity contribution in [2.24, 2.45) is 17.6 Å². The molecule has 0 aromatic heterocycles. The van der Waals surface area contributed by atoms with Crippen LogP contribution < -0.4 is 5.73 Å². The third kappa shape index (κ3) is 3.34. The number of aromatic hydroxyl groups is 1. The van der Waals surface area contributed by atoms with Crippen molar-refractivity contribution in [2.75, 3.05) is 0 Å². The van der Waals surface area contributed by atoms with Gasteiger partial charge < -0.3 is 31.3 Å². The lowest BCUT2D eigenvalue weighted by Gasteiger charge is -2.49. The number of hydrogen-bond donors (Lipinski definition) is 6. The molecule has 10 heteroatoms. The number of rotatable bonds is 3. The van der Waals surface area contributed by atoms with Crippen molar-refractivity contribution in [1.82, 2.24) is 0 Å². The first kappa shape index (κ1) is 25.1. The van der Waals surface area contributed by atoms with E-state index in [0.29, 0.717) is 11.1 Å². The van der Waals surface area contributed by atoms with Crippen LogP contribution in [0.4, 0.5) is 0 Å². The number of phenols is 1. The van der Waals surface area contributed by atoms with Gasteiger partial charge in [0.25, 0.3) is 5.91 Å². The summed E-state index contributed by atoms with van der Waals surface area (Å²) in [6.45, 7) is 1.41. The summed E-state index contributed by atoms with van der Waals surface area (Å²) >= 11 is 0. The second kappa shape index (κ2) is 8.51. The molecule has 4 atom stereocenters. The molecule has 2 aromatic rings. The molecule has 0 heterocycles. The minimum Gasteiger partial charge on any atom is -0.511 e. The molecule has 194 valence electrons. The summed E-state index contributed by atoms with van der Waals surface area (Å²) in [6.07, 6.45) is -0.694. The van der Waals surface area contributed by atoms with Gasteiger partial charge in [0.05, 0.1) is 17.2 Å². The predicted molar refractivity (Wildman–Crippen MR) is 133 cm³/mol. The first-order valence-corrected chi connectivity index (χ1v) is 11.7. The van der Waals surface area contributed by atoms with E-state index in [4.69, 9.17) is 5.73 Å². The van der Waals surface area contributed by atoms with Crippen molar-refractivity contribution < 1.29 is 44.7 Å². The molecule has 0 radical (unpaired) electrons. The number of benzene rings is 2. The Labute approximate surface area is 215 Å². The Bertz CT molecular complexity index is 1550. The highest BCUT2D eigenvalue weighted by Gasteiger charge is 2.63. The van der Waals surface area contributed by atoms with Gasteiger partial charge in [-0.3, -0.25) is 19.2 Å². The van der Waals surface area contributed by atoms with Gasteiger partial charge in [-0.1, -0.05) is 42.5 Å². The molecule has 0 unspecified atom stereocenters. The summed E-state index contributed by atoms with van der Waals surface area (Å²) < 4.78 is 0. The number of primary amides is 1. The third-order valence-electron chi connectivity index (χ3n) is 7.54. The average molecular weight is 517 g/mol. The highest BCUT2D eigenvalue weighted by atomic mass is 16.4. The summed E-state index contributed by atoms with van der Waals surface area (Å²) in [6, 6.07) is 10.7. The van der Waals surface area contributed by atoms with E-state index in [0.717, 1.165) is 0 Å². The van der Waals surface area contributed by atoms with Crippen LogP contribution >= 0.6 is 0 Å². The molecule has 0 saturated heterocycles.